The van der Waals surface area contributed by atoms with E-state index in [1.807, 2.05) is 18.2 Å². The molecule has 0 N–H and O–H groups in total. The number of hydrogen-bond donors (Lipinski definition) is 0. The van der Waals surface area contributed by atoms with Gasteiger partial charge in [0.15, 0.2) is 11.5 Å². The van der Waals surface area contributed by atoms with Gasteiger partial charge in [-0.2, -0.15) is 4.98 Å². The Balaban J connectivity index is 1.37. The fourth-order valence-electron chi connectivity index (χ4n) is 5.03. The Morgan fingerprint density at radius 2 is 1.69 bits per heavy atom. The second kappa shape index (κ2) is 10.2. The van der Waals surface area contributed by atoms with Gasteiger partial charge in [-0.25, -0.2) is 0 Å². The largest absolute Gasteiger partial charge is 0.493 e. The first-order valence-electron chi connectivity index (χ1n) is 11.4. The van der Waals surface area contributed by atoms with Gasteiger partial charge in [-0.1, -0.05) is 35.5 Å². The molecule has 1 unspecified atom stereocenters. The van der Waals surface area contributed by atoms with Gasteiger partial charge in [0.25, 0.3) is 0 Å². The van der Waals surface area contributed by atoms with Gasteiger partial charge in [0.2, 0.25) is 11.7 Å². The van der Waals surface area contributed by atoms with E-state index in [2.05, 4.69) is 59.5 Å². The highest BCUT2D eigenvalue weighted by molar-refractivity contribution is 5.60. The van der Waals surface area contributed by atoms with E-state index in [0.29, 0.717) is 41.1 Å². The van der Waals surface area contributed by atoms with Gasteiger partial charge in [-0.15, -0.1) is 0 Å². The van der Waals surface area contributed by atoms with Gasteiger partial charge >= 0.3 is 0 Å². The second-order valence-corrected chi connectivity index (χ2v) is 8.89. The van der Waals surface area contributed by atoms with Crippen molar-refractivity contribution in [2.24, 2.45) is 11.8 Å². The predicted octanol–water partition coefficient (Wildman–Crippen LogP) is 5.41. The van der Waals surface area contributed by atoms with Gasteiger partial charge in [-0.05, 0) is 75.4 Å². The Hall–Kier alpha value is -2.86. The summed E-state index contributed by atoms with van der Waals surface area (Å²) >= 11 is 0. The smallest absolute Gasteiger partial charge is 0.227 e. The first kappa shape index (κ1) is 22.3. The number of rotatable bonds is 8. The molecule has 1 fully saturated rings. The first-order valence-corrected chi connectivity index (χ1v) is 11.4. The molecular formula is C26H33N3O3. The molecule has 1 atom stereocenters. The third kappa shape index (κ3) is 4.96. The Kier molecular flexibility index (Phi) is 7.10. The average molecular weight is 436 g/mol. The van der Waals surface area contributed by atoms with Gasteiger partial charge in [0, 0.05) is 18.0 Å². The van der Waals surface area contributed by atoms with E-state index < -0.39 is 0 Å². The highest BCUT2D eigenvalue weighted by atomic mass is 16.5. The Labute approximate surface area is 190 Å². The molecule has 0 spiro atoms. The van der Waals surface area contributed by atoms with Crippen molar-refractivity contribution in [1.82, 2.24) is 15.0 Å². The summed E-state index contributed by atoms with van der Waals surface area (Å²) in [4.78, 5) is 7.02. The molecule has 1 aliphatic rings. The van der Waals surface area contributed by atoms with Crippen molar-refractivity contribution in [3.05, 3.63) is 60.0 Å². The molecule has 2 aromatic carbocycles. The van der Waals surface area contributed by atoms with E-state index >= 15 is 0 Å². The first-order chi connectivity index (χ1) is 15.6. The molecule has 0 radical (unpaired) electrons. The zero-order chi connectivity index (χ0) is 22.5. The summed E-state index contributed by atoms with van der Waals surface area (Å²) in [5.74, 6) is 3.90. The summed E-state index contributed by atoms with van der Waals surface area (Å²) in [6, 6.07) is 17.0. The van der Waals surface area contributed by atoms with E-state index in [1.54, 1.807) is 14.2 Å². The van der Waals surface area contributed by atoms with E-state index in [9.17, 15) is 0 Å². The third-order valence-corrected chi connectivity index (χ3v) is 6.61. The molecular weight excluding hydrogens is 402 g/mol. The molecule has 170 valence electrons. The zero-order valence-corrected chi connectivity index (χ0v) is 19.5. The van der Waals surface area contributed by atoms with Crippen LogP contribution in [0.4, 0.5) is 0 Å². The van der Waals surface area contributed by atoms with Crippen molar-refractivity contribution >= 4 is 0 Å². The van der Waals surface area contributed by atoms with E-state index in [4.69, 9.17) is 14.0 Å². The van der Waals surface area contributed by atoms with Crippen LogP contribution in [-0.4, -0.2) is 43.4 Å². The molecule has 4 rings (SSSR count). The lowest BCUT2D eigenvalue weighted by Crippen LogP contribution is -2.30. The minimum Gasteiger partial charge on any atom is -0.493 e. The summed E-state index contributed by atoms with van der Waals surface area (Å²) in [5, 5.41) is 4.20. The molecule has 6 heteroatoms. The molecule has 0 amide bonds. The molecule has 0 bridgehead atoms. The number of hydrogen-bond acceptors (Lipinski definition) is 6. The van der Waals surface area contributed by atoms with Gasteiger partial charge in [0.05, 0.1) is 14.2 Å². The standard InChI is InChI=1S/C26H33N3O3/c1-29(2)25(19-8-6-5-7-9-19)20-12-10-18(11-13-20)16-24-27-26(28-32-24)21-14-15-22(30-3)23(17-21)31-4/h5-9,14-15,17-18,20,25H,10-13,16H2,1-4H3. The Morgan fingerprint density at radius 1 is 0.969 bits per heavy atom. The van der Waals surface area contributed by atoms with Crippen molar-refractivity contribution in [2.45, 2.75) is 38.1 Å². The number of ether oxygens (including phenoxy) is 2. The SMILES string of the molecule is COc1ccc(-c2noc(CC3CCC(C(c4ccccc4)N(C)C)CC3)n2)cc1OC. The number of nitrogens with zero attached hydrogens (tertiary/aromatic N) is 3. The number of methoxy groups -OCH3 is 2. The van der Waals surface area contributed by atoms with Crippen LogP contribution in [0, 0.1) is 11.8 Å². The molecule has 0 saturated heterocycles. The van der Waals surface area contributed by atoms with Gasteiger partial charge in [0.1, 0.15) is 0 Å². The van der Waals surface area contributed by atoms with Crippen LogP contribution in [-0.2, 0) is 6.42 Å². The van der Waals surface area contributed by atoms with Crippen molar-refractivity contribution < 1.29 is 14.0 Å². The quantitative estimate of drug-likeness (QED) is 0.472. The highest BCUT2D eigenvalue weighted by Gasteiger charge is 2.30. The third-order valence-electron chi connectivity index (χ3n) is 6.61. The van der Waals surface area contributed by atoms with Crippen LogP contribution in [0.1, 0.15) is 43.2 Å². The summed E-state index contributed by atoms with van der Waals surface area (Å²) in [7, 11) is 7.63. The van der Waals surface area contributed by atoms with E-state index in [-0.39, 0.29) is 0 Å². The molecule has 3 aromatic rings. The van der Waals surface area contributed by atoms with E-state index in [1.165, 1.54) is 31.2 Å². The van der Waals surface area contributed by atoms with Crippen molar-refractivity contribution in [3.8, 4) is 22.9 Å². The van der Waals surface area contributed by atoms with Crippen LogP contribution in [0.25, 0.3) is 11.4 Å². The number of benzene rings is 2. The van der Waals surface area contributed by atoms with Crippen LogP contribution in [0.2, 0.25) is 0 Å². The lowest BCUT2D eigenvalue weighted by atomic mass is 9.75. The Morgan fingerprint density at radius 3 is 2.34 bits per heavy atom. The maximum Gasteiger partial charge on any atom is 0.227 e. The van der Waals surface area contributed by atoms with Crippen LogP contribution < -0.4 is 9.47 Å². The average Bonchev–Trinajstić information content (AvgIpc) is 3.29. The fourth-order valence-corrected chi connectivity index (χ4v) is 5.03. The normalized spacial score (nSPS) is 19.7. The minimum absolute atomic E-state index is 0.470. The molecule has 1 saturated carbocycles. The van der Waals surface area contributed by atoms with Gasteiger partial charge < -0.3 is 18.9 Å². The van der Waals surface area contributed by atoms with Crippen LogP contribution in [0.5, 0.6) is 11.5 Å². The fraction of sp³-hybridized carbons (Fsp3) is 0.462. The van der Waals surface area contributed by atoms with Crippen LogP contribution >= 0.6 is 0 Å². The van der Waals surface area contributed by atoms with Crippen molar-refractivity contribution in [3.63, 3.8) is 0 Å². The summed E-state index contributed by atoms with van der Waals surface area (Å²) < 4.78 is 16.3. The predicted molar refractivity (Wildman–Crippen MR) is 125 cm³/mol. The van der Waals surface area contributed by atoms with Crippen molar-refractivity contribution in [2.75, 3.05) is 28.3 Å². The van der Waals surface area contributed by atoms with Crippen LogP contribution in [0.3, 0.4) is 0 Å². The van der Waals surface area contributed by atoms with Crippen molar-refractivity contribution in [1.29, 1.82) is 0 Å². The zero-order valence-electron chi connectivity index (χ0n) is 19.5. The maximum atomic E-state index is 5.59. The maximum absolute atomic E-state index is 5.59. The number of aromatic nitrogens is 2. The molecule has 1 heterocycles. The summed E-state index contributed by atoms with van der Waals surface area (Å²) in [6.45, 7) is 0. The molecule has 1 aromatic heterocycles. The monoisotopic (exact) mass is 435 g/mol. The minimum atomic E-state index is 0.470. The highest BCUT2D eigenvalue weighted by Crippen LogP contribution is 2.40. The Bertz CT molecular complexity index is 995. The van der Waals surface area contributed by atoms with Gasteiger partial charge in [-0.3, -0.25) is 0 Å². The molecule has 32 heavy (non-hydrogen) atoms. The summed E-state index contributed by atoms with van der Waals surface area (Å²) in [6.07, 6.45) is 5.66. The van der Waals surface area contributed by atoms with Crippen LogP contribution in [0.15, 0.2) is 53.1 Å². The summed E-state index contributed by atoms with van der Waals surface area (Å²) in [5.41, 5.74) is 2.27. The lowest BCUT2D eigenvalue weighted by Gasteiger charge is -2.37. The van der Waals surface area contributed by atoms with E-state index in [0.717, 1.165) is 12.0 Å². The molecule has 6 nitrogen and oxygen atoms in total. The molecule has 0 aliphatic heterocycles. The topological polar surface area (TPSA) is 60.6 Å². The lowest BCUT2D eigenvalue weighted by molar-refractivity contribution is 0.146. The second-order valence-electron chi connectivity index (χ2n) is 8.89. The molecule has 1 aliphatic carbocycles.